The molecular weight excluding hydrogens is 316 g/mol. The summed E-state index contributed by atoms with van der Waals surface area (Å²) in [5.74, 6) is -0.275. The average molecular weight is 340 g/mol. The fourth-order valence-electron chi connectivity index (χ4n) is 4.77. The van der Waals surface area contributed by atoms with Gasteiger partial charge < -0.3 is 9.84 Å². The van der Waals surface area contributed by atoms with Gasteiger partial charge in [0.05, 0.1) is 37.1 Å². The van der Waals surface area contributed by atoms with E-state index >= 15 is 0 Å². The van der Waals surface area contributed by atoms with Crippen molar-refractivity contribution in [1.29, 1.82) is 0 Å². The molecule has 0 spiro atoms. The molecule has 2 fully saturated rings. The molecule has 4 aliphatic rings. The minimum absolute atomic E-state index is 0.127. The zero-order valence-corrected chi connectivity index (χ0v) is 14.7. The highest BCUT2D eigenvalue weighted by molar-refractivity contribution is 6.13. The van der Waals surface area contributed by atoms with Crippen LogP contribution >= 0.6 is 0 Å². The van der Waals surface area contributed by atoms with Crippen molar-refractivity contribution >= 4 is 11.7 Å². The van der Waals surface area contributed by atoms with Crippen LogP contribution in [0.25, 0.3) is 0 Å². The van der Waals surface area contributed by atoms with E-state index in [1.165, 1.54) is 18.3 Å². The molecule has 25 heavy (non-hydrogen) atoms. The van der Waals surface area contributed by atoms with Gasteiger partial charge in [-0.15, -0.1) is 0 Å². The van der Waals surface area contributed by atoms with Crippen LogP contribution in [0.1, 0.15) is 19.8 Å². The maximum atomic E-state index is 12.7. The highest BCUT2D eigenvalue weighted by atomic mass is 16.5. The van der Waals surface area contributed by atoms with Crippen molar-refractivity contribution in [2.45, 2.75) is 25.8 Å². The largest absolute Gasteiger partial charge is 0.469 e. The number of aliphatic hydroxyl groups excluding tert-OH is 1. The predicted octanol–water partition coefficient (Wildman–Crippen LogP) is 2.01. The van der Waals surface area contributed by atoms with Crippen LogP contribution in [0.5, 0.6) is 0 Å². The molecular formula is C20H24N2O3. The maximum Gasteiger partial charge on any atom is 0.313 e. The molecule has 2 bridgehead atoms. The van der Waals surface area contributed by atoms with E-state index in [9.17, 15) is 9.90 Å². The molecule has 0 aromatic heterocycles. The summed E-state index contributed by atoms with van der Waals surface area (Å²) in [6.07, 6.45) is 9.97. The Bertz CT molecular complexity index is 757. The molecule has 0 radical (unpaired) electrons. The number of esters is 1. The maximum absolute atomic E-state index is 12.7. The Kier molecular flexibility index (Phi) is 4.21. The number of carbonyl (C=O) groups is 1. The highest BCUT2D eigenvalue weighted by Crippen LogP contribution is 2.49. The summed E-state index contributed by atoms with van der Waals surface area (Å²) in [6, 6.07) is 0.163. The minimum Gasteiger partial charge on any atom is -0.469 e. The van der Waals surface area contributed by atoms with Gasteiger partial charge in [0.2, 0.25) is 0 Å². The first-order valence-electron chi connectivity index (χ1n) is 8.96. The zero-order valence-electron chi connectivity index (χ0n) is 14.7. The number of aliphatic hydroxyl groups is 1. The van der Waals surface area contributed by atoms with Crippen LogP contribution in [0.2, 0.25) is 0 Å². The van der Waals surface area contributed by atoms with E-state index in [0.29, 0.717) is 6.54 Å². The second-order valence-corrected chi connectivity index (χ2v) is 6.99. The number of nitrogens with zero attached hydrogens (tertiary/aromatic N) is 2. The highest BCUT2D eigenvalue weighted by Gasteiger charge is 2.51. The van der Waals surface area contributed by atoms with Gasteiger partial charge in [0.1, 0.15) is 0 Å². The molecule has 1 N–H and O–H groups in total. The SMILES string of the molecule is C/C=C1/CN(CCO)[C@H]2C[C@@H]1[C@@H](C(=O)OC)C1=C3CC=CC=C3N=C12. The summed E-state index contributed by atoms with van der Waals surface area (Å²) < 4.78 is 5.19. The van der Waals surface area contributed by atoms with Crippen LogP contribution in [0.4, 0.5) is 0 Å². The summed E-state index contributed by atoms with van der Waals surface area (Å²) in [6.45, 7) is 3.56. The van der Waals surface area contributed by atoms with Crippen molar-refractivity contribution < 1.29 is 14.6 Å². The normalized spacial score (nSPS) is 32.3. The zero-order chi connectivity index (χ0) is 17.6. The number of hydrogen-bond donors (Lipinski definition) is 1. The number of likely N-dealkylation sites (tertiary alicyclic amines) is 1. The Hall–Kier alpha value is -1.98. The van der Waals surface area contributed by atoms with Crippen molar-refractivity contribution in [3.63, 3.8) is 0 Å². The summed E-state index contributed by atoms with van der Waals surface area (Å²) in [5.41, 5.74) is 5.51. The molecule has 4 rings (SSSR count). The molecule has 2 aliphatic carbocycles. The number of allylic oxidation sites excluding steroid dienone is 5. The molecule has 3 atom stereocenters. The van der Waals surface area contributed by atoms with Gasteiger partial charge >= 0.3 is 5.97 Å². The lowest BCUT2D eigenvalue weighted by Gasteiger charge is -2.48. The van der Waals surface area contributed by atoms with Crippen LogP contribution in [-0.4, -0.2) is 54.5 Å². The van der Waals surface area contributed by atoms with Crippen molar-refractivity contribution in [2.24, 2.45) is 16.8 Å². The van der Waals surface area contributed by atoms with E-state index < -0.39 is 0 Å². The van der Waals surface area contributed by atoms with Crippen molar-refractivity contribution in [3.8, 4) is 0 Å². The molecule has 1 saturated heterocycles. The fourth-order valence-corrected chi connectivity index (χ4v) is 4.77. The molecule has 0 unspecified atom stereocenters. The molecule has 2 aliphatic heterocycles. The van der Waals surface area contributed by atoms with Gasteiger partial charge in [0, 0.05) is 19.0 Å². The summed E-state index contributed by atoms with van der Waals surface area (Å²) >= 11 is 0. The predicted molar refractivity (Wildman–Crippen MR) is 96.1 cm³/mol. The fraction of sp³-hybridized carbons (Fsp3) is 0.500. The van der Waals surface area contributed by atoms with Gasteiger partial charge in [0.15, 0.2) is 0 Å². The summed E-state index contributed by atoms with van der Waals surface area (Å²) in [5, 5.41) is 9.49. The van der Waals surface area contributed by atoms with E-state index in [0.717, 1.165) is 36.4 Å². The molecule has 5 heteroatoms. The lowest BCUT2D eigenvalue weighted by molar-refractivity contribution is -0.146. The topological polar surface area (TPSA) is 62.1 Å². The molecule has 1 saturated carbocycles. The summed E-state index contributed by atoms with van der Waals surface area (Å²) in [4.78, 5) is 19.9. The second-order valence-electron chi connectivity index (χ2n) is 6.99. The number of aliphatic imine (C=N–C) groups is 1. The first-order chi connectivity index (χ1) is 12.2. The first-order valence-corrected chi connectivity index (χ1v) is 8.96. The number of piperidine rings is 1. The van der Waals surface area contributed by atoms with E-state index in [4.69, 9.17) is 9.73 Å². The number of rotatable bonds is 3. The number of fused-ring (bicyclic) bond motifs is 5. The van der Waals surface area contributed by atoms with Gasteiger partial charge in [-0.05, 0) is 37.0 Å². The molecule has 0 amide bonds. The third-order valence-electron chi connectivity index (χ3n) is 5.89. The molecule has 132 valence electrons. The monoisotopic (exact) mass is 340 g/mol. The number of hydrogen-bond acceptors (Lipinski definition) is 5. The van der Waals surface area contributed by atoms with E-state index in [2.05, 4.69) is 17.1 Å². The average Bonchev–Trinajstić information content (AvgIpc) is 3.03. The Morgan fingerprint density at radius 2 is 2.36 bits per heavy atom. The quantitative estimate of drug-likeness (QED) is 0.631. The van der Waals surface area contributed by atoms with Crippen LogP contribution < -0.4 is 0 Å². The number of β-amino-alcohol motifs (C(OH)–C–C–N with tert-alkyl or cyclic N) is 1. The van der Waals surface area contributed by atoms with Crippen LogP contribution in [0, 0.1) is 11.8 Å². The minimum atomic E-state index is -0.269. The van der Waals surface area contributed by atoms with Gasteiger partial charge in [-0.2, -0.15) is 0 Å². The smallest absolute Gasteiger partial charge is 0.313 e. The van der Waals surface area contributed by atoms with E-state index in [1.807, 2.05) is 19.1 Å². The third kappa shape index (κ3) is 2.45. The van der Waals surface area contributed by atoms with Gasteiger partial charge in [0.25, 0.3) is 0 Å². The standard InChI is InChI=1S/C20H24N2O3/c1-3-12-11-22(8-9-23)16-10-14(12)18(20(24)25-2)17-13-6-4-5-7-15(13)21-19(16)17/h3-5,7,14,16,18,23H,6,8-11H2,1-2H3/b12-3-/t14-,16-,18+/m0/s1. The van der Waals surface area contributed by atoms with Crippen LogP contribution in [0.3, 0.4) is 0 Å². The number of carbonyl (C=O) groups excluding carboxylic acids is 1. The first kappa shape index (κ1) is 16.5. The number of ether oxygens (including phenoxy) is 1. The van der Waals surface area contributed by atoms with Crippen molar-refractivity contribution in [2.75, 3.05) is 26.8 Å². The lowest BCUT2D eigenvalue weighted by Crippen LogP contribution is -2.56. The van der Waals surface area contributed by atoms with Crippen molar-refractivity contribution in [1.82, 2.24) is 4.90 Å². The number of methoxy groups -OCH3 is 1. The van der Waals surface area contributed by atoms with Crippen molar-refractivity contribution in [3.05, 3.63) is 46.7 Å². The Labute approximate surface area is 148 Å². The molecule has 0 aromatic rings. The van der Waals surface area contributed by atoms with Crippen LogP contribution in [0.15, 0.2) is 51.7 Å². The Morgan fingerprint density at radius 3 is 3.08 bits per heavy atom. The van der Waals surface area contributed by atoms with Gasteiger partial charge in [-0.25, -0.2) is 0 Å². The molecule has 0 aromatic carbocycles. The Morgan fingerprint density at radius 1 is 1.52 bits per heavy atom. The van der Waals surface area contributed by atoms with E-state index in [1.54, 1.807) is 0 Å². The van der Waals surface area contributed by atoms with E-state index in [-0.39, 0.29) is 30.5 Å². The molecule has 2 heterocycles. The second kappa shape index (κ2) is 6.39. The Balaban J connectivity index is 1.86. The third-order valence-corrected chi connectivity index (χ3v) is 5.89. The molecule has 5 nitrogen and oxygen atoms in total. The summed E-state index contributed by atoms with van der Waals surface area (Å²) in [7, 11) is 1.47. The van der Waals surface area contributed by atoms with Gasteiger partial charge in [-0.1, -0.05) is 23.8 Å². The lowest BCUT2D eigenvalue weighted by atomic mass is 9.65. The van der Waals surface area contributed by atoms with Crippen LogP contribution in [-0.2, 0) is 9.53 Å². The van der Waals surface area contributed by atoms with Gasteiger partial charge in [-0.3, -0.25) is 14.7 Å².